The van der Waals surface area contributed by atoms with Crippen molar-refractivity contribution in [1.82, 2.24) is 4.90 Å². The number of halogens is 2. The second-order valence-corrected chi connectivity index (χ2v) is 5.68. The summed E-state index contributed by atoms with van der Waals surface area (Å²) < 4.78 is 29.7. The van der Waals surface area contributed by atoms with Gasteiger partial charge in [0.2, 0.25) is 0 Å². The first kappa shape index (κ1) is 18.9. The largest absolute Gasteiger partial charge is 0.496 e. The molecular weight excluding hydrogens is 349 g/mol. The number of amides is 1. The maximum absolute atomic E-state index is 14.0. The normalized spacial score (nSPS) is 10.3. The quantitative estimate of drug-likeness (QED) is 0.779. The lowest BCUT2D eigenvalue weighted by molar-refractivity contribution is 0.0780. The molecule has 0 aromatic heterocycles. The highest BCUT2D eigenvalue weighted by atomic mass is 35.5. The van der Waals surface area contributed by atoms with Crippen molar-refractivity contribution in [3.05, 3.63) is 52.3 Å². The van der Waals surface area contributed by atoms with Crippen molar-refractivity contribution in [1.29, 1.82) is 0 Å². The highest BCUT2D eigenvalue weighted by Crippen LogP contribution is 2.35. The number of carbonyl (C=O) groups is 1. The number of hydrogen-bond donors (Lipinski definition) is 0. The minimum Gasteiger partial charge on any atom is -0.496 e. The van der Waals surface area contributed by atoms with Crippen LogP contribution in [0.25, 0.3) is 0 Å². The zero-order chi connectivity index (χ0) is 18.6. The van der Waals surface area contributed by atoms with Gasteiger partial charge in [-0.3, -0.25) is 4.79 Å². The first-order valence-corrected chi connectivity index (χ1v) is 7.79. The number of nitrogens with zero attached hydrogens (tertiary/aromatic N) is 1. The summed E-state index contributed by atoms with van der Waals surface area (Å²) in [4.78, 5) is 14.2. The van der Waals surface area contributed by atoms with Crippen molar-refractivity contribution in [2.75, 3.05) is 28.4 Å². The van der Waals surface area contributed by atoms with Gasteiger partial charge in [-0.1, -0.05) is 17.7 Å². The predicted octanol–water partition coefficient (Wildman–Crippen LogP) is 3.78. The van der Waals surface area contributed by atoms with E-state index in [0.717, 1.165) is 0 Å². The van der Waals surface area contributed by atoms with Crippen molar-refractivity contribution < 1.29 is 23.4 Å². The second kappa shape index (κ2) is 8.07. The van der Waals surface area contributed by atoms with E-state index in [1.807, 2.05) is 0 Å². The molecule has 0 fully saturated rings. The van der Waals surface area contributed by atoms with Gasteiger partial charge in [0.05, 0.1) is 26.9 Å². The molecule has 2 aromatic rings. The molecule has 2 aromatic carbocycles. The number of hydrogen-bond acceptors (Lipinski definition) is 4. The van der Waals surface area contributed by atoms with Crippen LogP contribution in [0.4, 0.5) is 4.39 Å². The van der Waals surface area contributed by atoms with Gasteiger partial charge >= 0.3 is 0 Å². The van der Waals surface area contributed by atoms with Crippen LogP contribution >= 0.6 is 11.6 Å². The fourth-order valence-corrected chi connectivity index (χ4v) is 2.62. The van der Waals surface area contributed by atoms with E-state index in [2.05, 4.69) is 0 Å². The van der Waals surface area contributed by atoms with E-state index in [9.17, 15) is 9.18 Å². The Morgan fingerprint density at radius 3 is 2.24 bits per heavy atom. The second-order valence-electron chi connectivity index (χ2n) is 5.27. The summed E-state index contributed by atoms with van der Waals surface area (Å²) in [5, 5.41) is 0.263. The maximum Gasteiger partial charge on any atom is 0.257 e. The maximum atomic E-state index is 14.0. The minimum atomic E-state index is -0.466. The Bertz CT molecular complexity index is 762. The van der Waals surface area contributed by atoms with Crippen molar-refractivity contribution in [2.45, 2.75) is 6.54 Å². The summed E-state index contributed by atoms with van der Waals surface area (Å²) in [5.41, 5.74) is 0.523. The van der Waals surface area contributed by atoms with Crippen molar-refractivity contribution >= 4 is 17.5 Å². The van der Waals surface area contributed by atoms with Crippen molar-refractivity contribution in [2.24, 2.45) is 0 Å². The number of carbonyl (C=O) groups excluding carboxylic acids is 1. The Kier molecular flexibility index (Phi) is 6.09. The van der Waals surface area contributed by atoms with Crippen LogP contribution in [0.5, 0.6) is 17.2 Å². The van der Waals surface area contributed by atoms with Gasteiger partial charge in [-0.25, -0.2) is 4.39 Å². The molecular formula is C18H19ClFNO4. The molecule has 0 heterocycles. The standard InChI is InChI=1S/C18H19ClFNO4/c1-21(10-12-13(19)6-5-7-14(12)20)18(22)11-8-16(24-3)17(25-4)9-15(11)23-2/h5-9H,10H2,1-4H3. The summed E-state index contributed by atoms with van der Waals surface area (Å²) in [7, 11) is 5.97. The molecule has 0 spiro atoms. The van der Waals surface area contributed by atoms with Gasteiger partial charge in [0.1, 0.15) is 11.6 Å². The third-order valence-electron chi connectivity index (χ3n) is 3.74. The van der Waals surface area contributed by atoms with Crippen LogP contribution in [-0.4, -0.2) is 39.2 Å². The predicted molar refractivity (Wildman–Crippen MR) is 93.3 cm³/mol. The molecule has 7 heteroatoms. The van der Waals surface area contributed by atoms with Gasteiger partial charge in [-0.2, -0.15) is 0 Å². The highest BCUT2D eigenvalue weighted by molar-refractivity contribution is 6.31. The fourth-order valence-electron chi connectivity index (χ4n) is 2.39. The Morgan fingerprint density at radius 1 is 1.08 bits per heavy atom. The van der Waals surface area contributed by atoms with E-state index in [0.29, 0.717) is 17.2 Å². The van der Waals surface area contributed by atoms with E-state index >= 15 is 0 Å². The molecule has 1 amide bonds. The smallest absolute Gasteiger partial charge is 0.257 e. The zero-order valence-electron chi connectivity index (χ0n) is 14.4. The number of methoxy groups -OCH3 is 3. The molecule has 2 rings (SSSR count). The lowest BCUT2D eigenvalue weighted by Crippen LogP contribution is -2.27. The van der Waals surface area contributed by atoms with Crippen LogP contribution in [0, 0.1) is 5.82 Å². The molecule has 0 saturated carbocycles. The average Bonchev–Trinajstić information content (AvgIpc) is 2.62. The summed E-state index contributed by atoms with van der Waals surface area (Å²) in [6.45, 7) is 0.0157. The summed E-state index contributed by atoms with van der Waals surface area (Å²) in [5.74, 6) is 0.331. The van der Waals surface area contributed by atoms with Gasteiger partial charge in [0, 0.05) is 36.3 Å². The molecule has 0 aliphatic carbocycles. The van der Waals surface area contributed by atoms with E-state index in [1.165, 1.54) is 44.4 Å². The molecule has 0 atom stereocenters. The lowest BCUT2D eigenvalue weighted by atomic mass is 10.1. The highest BCUT2D eigenvalue weighted by Gasteiger charge is 2.22. The topological polar surface area (TPSA) is 48.0 Å². The van der Waals surface area contributed by atoms with Gasteiger partial charge in [0.15, 0.2) is 11.5 Å². The van der Waals surface area contributed by atoms with Gasteiger partial charge < -0.3 is 19.1 Å². The fraction of sp³-hybridized carbons (Fsp3) is 0.278. The van der Waals surface area contributed by atoms with E-state index < -0.39 is 5.82 Å². The molecule has 0 aliphatic heterocycles. The summed E-state index contributed by atoms with van der Waals surface area (Å²) in [6.07, 6.45) is 0. The van der Waals surface area contributed by atoms with Crippen LogP contribution in [0.3, 0.4) is 0 Å². The van der Waals surface area contributed by atoms with Crippen LogP contribution in [0.2, 0.25) is 5.02 Å². The minimum absolute atomic E-state index is 0.0157. The van der Waals surface area contributed by atoms with Crippen molar-refractivity contribution in [3.63, 3.8) is 0 Å². The molecule has 0 unspecified atom stereocenters. The zero-order valence-corrected chi connectivity index (χ0v) is 15.2. The Balaban J connectivity index is 2.36. The Labute approximate surface area is 150 Å². The first-order chi connectivity index (χ1) is 11.9. The molecule has 0 aliphatic rings. The summed E-state index contributed by atoms with van der Waals surface area (Å²) in [6, 6.07) is 7.49. The average molecular weight is 368 g/mol. The molecule has 25 heavy (non-hydrogen) atoms. The van der Waals surface area contributed by atoms with Gasteiger partial charge in [-0.05, 0) is 12.1 Å². The number of rotatable bonds is 6. The van der Waals surface area contributed by atoms with Crippen molar-refractivity contribution in [3.8, 4) is 17.2 Å². The van der Waals surface area contributed by atoms with E-state index in [-0.39, 0.29) is 28.6 Å². The lowest BCUT2D eigenvalue weighted by Gasteiger charge is -2.21. The molecule has 5 nitrogen and oxygen atoms in total. The number of benzene rings is 2. The molecule has 0 N–H and O–H groups in total. The number of ether oxygens (including phenoxy) is 3. The molecule has 0 bridgehead atoms. The van der Waals surface area contributed by atoms with Crippen LogP contribution < -0.4 is 14.2 Å². The van der Waals surface area contributed by atoms with Gasteiger partial charge in [-0.15, -0.1) is 0 Å². The molecule has 0 radical (unpaired) electrons. The van der Waals surface area contributed by atoms with Gasteiger partial charge in [0.25, 0.3) is 5.91 Å². The first-order valence-electron chi connectivity index (χ1n) is 7.41. The van der Waals surface area contributed by atoms with E-state index in [4.69, 9.17) is 25.8 Å². The van der Waals surface area contributed by atoms with Crippen LogP contribution in [-0.2, 0) is 6.54 Å². The molecule has 0 saturated heterocycles. The Hall–Kier alpha value is -2.47. The van der Waals surface area contributed by atoms with Crippen LogP contribution in [0.15, 0.2) is 30.3 Å². The third-order valence-corrected chi connectivity index (χ3v) is 4.09. The monoisotopic (exact) mass is 367 g/mol. The summed E-state index contributed by atoms with van der Waals surface area (Å²) >= 11 is 6.03. The van der Waals surface area contributed by atoms with E-state index in [1.54, 1.807) is 19.2 Å². The Morgan fingerprint density at radius 2 is 1.68 bits per heavy atom. The SMILES string of the molecule is COc1cc(OC)c(C(=O)N(C)Cc2c(F)cccc2Cl)cc1OC. The third kappa shape index (κ3) is 3.96. The molecule has 134 valence electrons. The van der Waals surface area contributed by atoms with Crippen LogP contribution in [0.1, 0.15) is 15.9 Å².